The topological polar surface area (TPSA) is 40.5 Å². The molecule has 1 rings (SSSR count). The van der Waals surface area contributed by atoms with E-state index in [1.54, 1.807) is 0 Å². The average molecular weight is 216 g/mol. The van der Waals surface area contributed by atoms with Gasteiger partial charge in [0.2, 0.25) is 0 Å². The van der Waals surface area contributed by atoms with E-state index < -0.39 is 0 Å². The predicted octanol–water partition coefficient (Wildman–Crippen LogP) is 3.11. The van der Waals surface area contributed by atoms with E-state index in [2.05, 4.69) is 13.8 Å². The lowest BCUT2D eigenvalue weighted by Gasteiger charge is -2.14. The Labute approximate surface area is 94.7 Å². The highest BCUT2D eigenvalue weighted by Gasteiger charge is 2.07. The van der Waals surface area contributed by atoms with E-state index in [4.69, 9.17) is 10.2 Å². The van der Waals surface area contributed by atoms with Crippen LogP contribution in [0.5, 0.6) is 0 Å². The summed E-state index contributed by atoms with van der Waals surface area (Å²) in [6.45, 7) is 6.14. The zero-order chi connectivity index (χ0) is 11.7. The maximum Gasteiger partial charge on any atom is 0.0540 e. The summed E-state index contributed by atoms with van der Waals surface area (Å²) in [5.41, 5.74) is 0. The zero-order valence-electron chi connectivity index (χ0n) is 10.6. The first kappa shape index (κ1) is 14.9. The van der Waals surface area contributed by atoms with Gasteiger partial charge in [0.1, 0.15) is 0 Å². The number of aliphatic hydroxyl groups is 2. The highest BCUT2D eigenvalue weighted by Crippen LogP contribution is 2.16. The van der Waals surface area contributed by atoms with Crippen LogP contribution in [-0.4, -0.2) is 22.4 Å². The fraction of sp³-hybridized carbons (Fsp3) is 1.00. The van der Waals surface area contributed by atoms with Gasteiger partial charge in [-0.2, -0.15) is 0 Å². The van der Waals surface area contributed by atoms with Crippen LogP contribution in [-0.2, 0) is 0 Å². The van der Waals surface area contributed by atoms with Gasteiger partial charge < -0.3 is 10.2 Å². The van der Waals surface area contributed by atoms with E-state index in [0.29, 0.717) is 5.92 Å². The molecule has 0 amide bonds. The van der Waals surface area contributed by atoms with Crippen LogP contribution in [0, 0.1) is 5.92 Å². The van der Waals surface area contributed by atoms with Crippen molar-refractivity contribution in [2.24, 2.45) is 5.92 Å². The minimum absolute atomic E-state index is 0.0359. The molecule has 0 spiro atoms. The highest BCUT2D eigenvalue weighted by atomic mass is 16.3. The van der Waals surface area contributed by atoms with Gasteiger partial charge in [0.05, 0.1) is 12.2 Å². The summed E-state index contributed by atoms with van der Waals surface area (Å²) in [4.78, 5) is 0. The molecule has 2 nitrogen and oxygen atoms in total. The highest BCUT2D eigenvalue weighted by molar-refractivity contribution is 4.61. The Balaban J connectivity index is 0.000000262. The van der Waals surface area contributed by atoms with Crippen molar-refractivity contribution in [2.75, 3.05) is 0 Å². The molecule has 0 aromatic carbocycles. The molecule has 0 aromatic heterocycles. The van der Waals surface area contributed by atoms with E-state index >= 15 is 0 Å². The molecule has 2 heteroatoms. The number of hydrogen-bond acceptors (Lipinski definition) is 2. The molecule has 0 heterocycles. The summed E-state index contributed by atoms with van der Waals surface area (Å²) < 4.78 is 0. The van der Waals surface area contributed by atoms with Crippen LogP contribution in [0.2, 0.25) is 0 Å². The summed E-state index contributed by atoms with van der Waals surface area (Å²) in [6, 6.07) is 0. The Hall–Kier alpha value is -0.0800. The van der Waals surface area contributed by atoms with Gasteiger partial charge in [-0.25, -0.2) is 0 Å². The maximum absolute atomic E-state index is 8.91. The van der Waals surface area contributed by atoms with E-state index in [1.807, 2.05) is 6.92 Å². The SMILES string of the molecule is CCC(C)CC(C)O.OC1CCCCC1. The van der Waals surface area contributed by atoms with Gasteiger partial charge in [0, 0.05) is 0 Å². The van der Waals surface area contributed by atoms with E-state index in [9.17, 15) is 0 Å². The molecule has 0 radical (unpaired) electrons. The third-order valence-corrected chi connectivity index (χ3v) is 3.02. The molecule has 0 aliphatic heterocycles. The summed E-state index contributed by atoms with van der Waals surface area (Å²) in [5, 5.41) is 17.8. The predicted molar refractivity (Wildman–Crippen MR) is 64.8 cm³/mol. The van der Waals surface area contributed by atoms with Gasteiger partial charge in [-0.15, -0.1) is 0 Å². The lowest BCUT2D eigenvalue weighted by atomic mass is 9.98. The van der Waals surface area contributed by atoms with Crippen molar-refractivity contribution >= 4 is 0 Å². The first-order valence-corrected chi connectivity index (χ1v) is 6.42. The van der Waals surface area contributed by atoms with Crippen LogP contribution in [0.4, 0.5) is 0 Å². The standard InChI is InChI=1S/C7H16O.C6H12O/c1-4-6(2)5-7(3)8;7-6-4-2-1-3-5-6/h6-8H,4-5H2,1-3H3;6-7H,1-5H2. The van der Waals surface area contributed by atoms with Gasteiger partial charge in [-0.05, 0) is 32.1 Å². The van der Waals surface area contributed by atoms with Crippen LogP contribution in [0.3, 0.4) is 0 Å². The molecule has 1 fully saturated rings. The minimum Gasteiger partial charge on any atom is -0.393 e. The largest absolute Gasteiger partial charge is 0.393 e. The molecule has 2 unspecified atom stereocenters. The first-order valence-electron chi connectivity index (χ1n) is 6.42. The molecule has 0 saturated heterocycles. The molecule has 15 heavy (non-hydrogen) atoms. The van der Waals surface area contributed by atoms with Crippen molar-refractivity contribution < 1.29 is 10.2 Å². The van der Waals surface area contributed by atoms with Crippen LogP contribution < -0.4 is 0 Å². The summed E-state index contributed by atoms with van der Waals surface area (Å²) in [5.74, 6) is 0.676. The van der Waals surface area contributed by atoms with Gasteiger partial charge in [0.25, 0.3) is 0 Å². The van der Waals surface area contributed by atoms with Crippen molar-refractivity contribution in [3.63, 3.8) is 0 Å². The number of hydrogen-bond donors (Lipinski definition) is 2. The lowest BCUT2D eigenvalue weighted by molar-refractivity contribution is 0.130. The average Bonchev–Trinajstić information content (AvgIpc) is 2.19. The summed E-state index contributed by atoms with van der Waals surface area (Å²) in [7, 11) is 0. The normalized spacial score (nSPS) is 21.4. The Kier molecular flexibility index (Phi) is 9.12. The molecule has 1 saturated carbocycles. The molecule has 0 aromatic rings. The Morgan fingerprint density at radius 2 is 1.67 bits per heavy atom. The summed E-state index contributed by atoms with van der Waals surface area (Å²) >= 11 is 0. The van der Waals surface area contributed by atoms with Crippen molar-refractivity contribution in [1.29, 1.82) is 0 Å². The van der Waals surface area contributed by atoms with Crippen molar-refractivity contribution in [2.45, 2.75) is 77.9 Å². The molecule has 0 bridgehead atoms. The van der Waals surface area contributed by atoms with Crippen molar-refractivity contribution in [3.8, 4) is 0 Å². The van der Waals surface area contributed by atoms with Crippen LogP contribution in [0.25, 0.3) is 0 Å². The first-order chi connectivity index (χ1) is 7.06. The lowest BCUT2D eigenvalue weighted by Crippen LogP contribution is -2.09. The second-order valence-corrected chi connectivity index (χ2v) is 4.89. The molecule has 2 atom stereocenters. The van der Waals surface area contributed by atoms with Gasteiger partial charge >= 0.3 is 0 Å². The van der Waals surface area contributed by atoms with Crippen LogP contribution in [0.15, 0.2) is 0 Å². The van der Waals surface area contributed by atoms with Crippen molar-refractivity contribution in [1.82, 2.24) is 0 Å². The Morgan fingerprint density at radius 1 is 1.13 bits per heavy atom. The molecular formula is C13H28O2. The molecule has 1 aliphatic carbocycles. The van der Waals surface area contributed by atoms with Crippen molar-refractivity contribution in [3.05, 3.63) is 0 Å². The van der Waals surface area contributed by atoms with E-state index in [0.717, 1.165) is 19.3 Å². The second-order valence-electron chi connectivity index (χ2n) is 4.89. The van der Waals surface area contributed by atoms with Gasteiger partial charge in [-0.3, -0.25) is 0 Å². The van der Waals surface area contributed by atoms with E-state index in [1.165, 1.54) is 25.7 Å². The van der Waals surface area contributed by atoms with E-state index in [-0.39, 0.29) is 12.2 Å². The third-order valence-electron chi connectivity index (χ3n) is 3.02. The summed E-state index contributed by atoms with van der Waals surface area (Å²) in [6.07, 6.45) is 7.92. The quantitative estimate of drug-likeness (QED) is 0.761. The number of aliphatic hydroxyl groups excluding tert-OH is 2. The monoisotopic (exact) mass is 216 g/mol. The second kappa shape index (κ2) is 9.17. The Bertz CT molecular complexity index is 128. The smallest absolute Gasteiger partial charge is 0.0540 e. The third kappa shape index (κ3) is 10.2. The molecule has 92 valence electrons. The minimum atomic E-state index is -0.120. The molecular weight excluding hydrogens is 188 g/mol. The van der Waals surface area contributed by atoms with Gasteiger partial charge in [0.15, 0.2) is 0 Å². The Morgan fingerprint density at radius 3 is 1.87 bits per heavy atom. The zero-order valence-corrected chi connectivity index (χ0v) is 10.6. The van der Waals surface area contributed by atoms with Crippen LogP contribution >= 0.6 is 0 Å². The van der Waals surface area contributed by atoms with Gasteiger partial charge in [-0.1, -0.05) is 39.5 Å². The fourth-order valence-electron chi connectivity index (χ4n) is 1.83. The number of rotatable bonds is 3. The molecule has 2 N–H and O–H groups in total. The maximum atomic E-state index is 8.91. The van der Waals surface area contributed by atoms with Crippen LogP contribution in [0.1, 0.15) is 65.7 Å². The fourth-order valence-corrected chi connectivity index (χ4v) is 1.83. The molecule has 1 aliphatic rings.